The first-order valence-electron chi connectivity index (χ1n) is 11.6. The molecular formula is C28H29N3O2S. The Hall–Kier alpha value is -3.38. The fraction of sp³-hybridized carbons (Fsp3) is 0.250. The standard InChI is InChI=1S/C28H29N3O2S/c1-5-20-10-9-11-21(6-2)26(20)30-25(32)17-34-28-29-24-13-8-7-12-23(24)27(33)31(28)22-15-14-18(3)19(4)16-22/h7-16H,5-6,17H2,1-4H3,(H,30,32). The van der Waals surface area contributed by atoms with Crippen LogP contribution in [0.15, 0.2) is 70.6 Å². The van der Waals surface area contributed by atoms with Gasteiger partial charge in [-0.15, -0.1) is 0 Å². The van der Waals surface area contributed by atoms with Crippen LogP contribution in [0.25, 0.3) is 16.6 Å². The molecule has 0 saturated heterocycles. The number of carbonyl (C=O) groups excluding carboxylic acids is 1. The van der Waals surface area contributed by atoms with E-state index >= 15 is 0 Å². The van der Waals surface area contributed by atoms with E-state index in [1.54, 1.807) is 10.6 Å². The van der Waals surface area contributed by atoms with Crippen molar-refractivity contribution in [2.75, 3.05) is 11.1 Å². The number of thioether (sulfide) groups is 1. The highest BCUT2D eigenvalue weighted by atomic mass is 32.2. The van der Waals surface area contributed by atoms with Crippen LogP contribution in [0.1, 0.15) is 36.1 Å². The van der Waals surface area contributed by atoms with Crippen molar-refractivity contribution < 1.29 is 4.79 Å². The molecule has 0 aliphatic heterocycles. The maximum atomic E-state index is 13.5. The molecule has 4 aromatic rings. The number of nitrogens with one attached hydrogen (secondary N) is 1. The number of hydrogen-bond donors (Lipinski definition) is 1. The van der Waals surface area contributed by atoms with Gasteiger partial charge in [0.05, 0.1) is 22.3 Å². The third kappa shape index (κ3) is 4.77. The Morgan fingerprint density at radius 3 is 2.32 bits per heavy atom. The fourth-order valence-corrected chi connectivity index (χ4v) is 4.82. The van der Waals surface area contributed by atoms with Gasteiger partial charge in [-0.3, -0.25) is 14.2 Å². The lowest BCUT2D eigenvalue weighted by atomic mass is 10.0. The molecule has 34 heavy (non-hydrogen) atoms. The second-order valence-corrected chi connectivity index (χ2v) is 9.26. The molecule has 0 radical (unpaired) electrons. The van der Waals surface area contributed by atoms with E-state index in [9.17, 15) is 9.59 Å². The molecular weight excluding hydrogens is 442 g/mol. The highest BCUT2D eigenvalue weighted by Gasteiger charge is 2.16. The molecule has 4 rings (SSSR count). The van der Waals surface area contributed by atoms with Crippen LogP contribution in [0.4, 0.5) is 5.69 Å². The first-order chi connectivity index (χ1) is 16.4. The Morgan fingerprint density at radius 2 is 1.65 bits per heavy atom. The van der Waals surface area contributed by atoms with E-state index in [1.165, 1.54) is 11.8 Å². The lowest BCUT2D eigenvalue weighted by molar-refractivity contribution is -0.113. The Balaban J connectivity index is 1.69. The summed E-state index contributed by atoms with van der Waals surface area (Å²) in [4.78, 5) is 31.2. The number of aromatic nitrogens is 2. The second kappa shape index (κ2) is 10.3. The number of anilines is 1. The van der Waals surface area contributed by atoms with E-state index in [-0.39, 0.29) is 17.2 Å². The summed E-state index contributed by atoms with van der Waals surface area (Å²) < 4.78 is 1.62. The van der Waals surface area contributed by atoms with Gasteiger partial charge < -0.3 is 5.32 Å². The summed E-state index contributed by atoms with van der Waals surface area (Å²) in [5.74, 6) is 0.0336. The van der Waals surface area contributed by atoms with Crippen LogP contribution in [-0.4, -0.2) is 21.2 Å². The average molecular weight is 472 g/mol. The molecule has 0 unspecified atom stereocenters. The van der Waals surface area contributed by atoms with Crippen molar-refractivity contribution >= 4 is 34.3 Å². The zero-order chi connectivity index (χ0) is 24.2. The summed E-state index contributed by atoms with van der Waals surface area (Å²) in [6, 6.07) is 19.4. The first kappa shape index (κ1) is 23.8. The van der Waals surface area contributed by atoms with Crippen LogP contribution < -0.4 is 10.9 Å². The number of benzene rings is 3. The fourth-order valence-electron chi connectivity index (χ4n) is 4.01. The average Bonchev–Trinajstić information content (AvgIpc) is 2.85. The molecule has 6 heteroatoms. The number of rotatable bonds is 7. The minimum atomic E-state index is -0.138. The number of hydrogen-bond acceptors (Lipinski definition) is 4. The van der Waals surface area contributed by atoms with E-state index in [1.807, 2.05) is 68.4 Å². The first-order valence-corrected chi connectivity index (χ1v) is 12.5. The van der Waals surface area contributed by atoms with Crippen LogP contribution in [-0.2, 0) is 17.6 Å². The van der Waals surface area contributed by atoms with Crippen LogP contribution in [0.2, 0.25) is 0 Å². The van der Waals surface area contributed by atoms with Gasteiger partial charge in [-0.2, -0.15) is 0 Å². The van der Waals surface area contributed by atoms with Gasteiger partial charge in [0.1, 0.15) is 0 Å². The molecule has 0 bridgehead atoms. The summed E-state index contributed by atoms with van der Waals surface area (Å²) in [6.07, 6.45) is 1.68. The van der Waals surface area contributed by atoms with Crippen molar-refractivity contribution in [1.82, 2.24) is 9.55 Å². The van der Waals surface area contributed by atoms with Gasteiger partial charge in [0.25, 0.3) is 5.56 Å². The SMILES string of the molecule is CCc1cccc(CC)c1NC(=O)CSc1nc2ccccc2c(=O)n1-c1ccc(C)c(C)c1. The summed E-state index contributed by atoms with van der Waals surface area (Å²) >= 11 is 1.28. The van der Waals surface area contributed by atoms with Gasteiger partial charge >= 0.3 is 0 Å². The van der Waals surface area contributed by atoms with E-state index in [4.69, 9.17) is 4.98 Å². The van der Waals surface area contributed by atoms with E-state index < -0.39 is 0 Å². The van der Waals surface area contributed by atoms with Gasteiger partial charge in [0.15, 0.2) is 5.16 Å². The summed E-state index contributed by atoms with van der Waals surface area (Å²) in [5, 5.41) is 4.16. The molecule has 0 spiro atoms. The lowest BCUT2D eigenvalue weighted by Gasteiger charge is -2.16. The Morgan fingerprint density at radius 1 is 0.941 bits per heavy atom. The molecule has 1 amide bonds. The third-order valence-corrected chi connectivity index (χ3v) is 7.03. The number of amides is 1. The van der Waals surface area contributed by atoms with Crippen LogP contribution in [0.5, 0.6) is 0 Å². The normalized spacial score (nSPS) is 11.1. The summed E-state index contributed by atoms with van der Waals surface area (Å²) in [5.41, 5.74) is 6.62. The largest absolute Gasteiger partial charge is 0.325 e. The van der Waals surface area contributed by atoms with Crippen LogP contribution >= 0.6 is 11.8 Å². The number of para-hydroxylation sites is 2. The number of nitrogens with zero attached hydrogens (tertiary/aromatic N) is 2. The molecule has 1 aromatic heterocycles. The van der Waals surface area contributed by atoms with Gasteiger partial charge in [-0.1, -0.05) is 62.0 Å². The highest BCUT2D eigenvalue weighted by molar-refractivity contribution is 7.99. The van der Waals surface area contributed by atoms with Gasteiger partial charge in [-0.25, -0.2) is 4.98 Å². The zero-order valence-electron chi connectivity index (χ0n) is 20.0. The van der Waals surface area contributed by atoms with Crippen molar-refractivity contribution in [1.29, 1.82) is 0 Å². The van der Waals surface area contributed by atoms with Crippen molar-refractivity contribution in [3.05, 3.63) is 93.3 Å². The zero-order valence-corrected chi connectivity index (χ0v) is 20.8. The van der Waals surface area contributed by atoms with E-state index in [0.29, 0.717) is 16.1 Å². The highest BCUT2D eigenvalue weighted by Crippen LogP contribution is 2.25. The molecule has 1 N–H and O–H groups in total. The number of fused-ring (bicyclic) bond motifs is 1. The molecule has 174 valence electrons. The molecule has 5 nitrogen and oxygen atoms in total. The van der Waals surface area contributed by atoms with Crippen molar-refractivity contribution in [3.8, 4) is 5.69 Å². The summed E-state index contributed by atoms with van der Waals surface area (Å²) in [7, 11) is 0. The predicted octanol–water partition coefficient (Wildman–Crippen LogP) is 5.86. The van der Waals surface area contributed by atoms with Crippen LogP contribution in [0, 0.1) is 13.8 Å². The minimum Gasteiger partial charge on any atom is -0.325 e. The van der Waals surface area contributed by atoms with Gasteiger partial charge in [0, 0.05) is 5.69 Å². The molecule has 0 atom stereocenters. The maximum absolute atomic E-state index is 13.5. The van der Waals surface area contributed by atoms with E-state index in [2.05, 4.69) is 19.2 Å². The van der Waals surface area contributed by atoms with Crippen molar-refractivity contribution in [2.45, 2.75) is 45.7 Å². The second-order valence-electron chi connectivity index (χ2n) is 8.32. The predicted molar refractivity (Wildman–Crippen MR) is 141 cm³/mol. The summed E-state index contributed by atoms with van der Waals surface area (Å²) in [6.45, 7) is 8.23. The number of aryl methyl sites for hydroxylation is 4. The van der Waals surface area contributed by atoms with Gasteiger partial charge in [-0.05, 0) is 73.2 Å². The van der Waals surface area contributed by atoms with Crippen LogP contribution in [0.3, 0.4) is 0 Å². The quantitative estimate of drug-likeness (QED) is 0.271. The van der Waals surface area contributed by atoms with Crippen molar-refractivity contribution in [2.24, 2.45) is 0 Å². The molecule has 3 aromatic carbocycles. The van der Waals surface area contributed by atoms with E-state index in [0.717, 1.165) is 46.5 Å². The minimum absolute atomic E-state index is 0.116. The monoisotopic (exact) mass is 471 g/mol. The molecule has 0 aliphatic carbocycles. The third-order valence-electron chi connectivity index (χ3n) is 6.09. The molecule has 0 fully saturated rings. The molecule has 0 saturated carbocycles. The topological polar surface area (TPSA) is 64.0 Å². The lowest BCUT2D eigenvalue weighted by Crippen LogP contribution is -2.23. The Labute approximate surface area is 204 Å². The number of carbonyl (C=O) groups is 1. The molecule has 0 aliphatic rings. The van der Waals surface area contributed by atoms with Gasteiger partial charge in [0.2, 0.25) is 5.91 Å². The Bertz CT molecular complexity index is 1400. The molecule has 1 heterocycles. The van der Waals surface area contributed by atoms with Crippen molar-refractivity contribution in [3.63, 3.8) is 0 Å². The smallest absolute Gasteiger partial charge is 0.266 e. The Kier molecular flexibility index (Phi) is 7.17. The maximum Gasteiger partial charge on any atom is 0.266 e.